The Kier molecular flexibility index (Phi) is 6.09. The van der Waals surface area contributed by atoms with E-state index in [-0.39, 0.29) is 12.1 Å². The maximum Gasteiger partial charge on any atom is 0.319 e. The number of hydrogen-bond donors (Lipinski definition) is 2. The molecule has 0 saturated carbocycles. The molecule has 1 aromatic carbocycles. The highest BCUT2D eigenvalue weighted by Crippen LogP contribution is 2.16. The average Bonchev–Trinajstić information content (AvgIpc) is 3.31. The van der Waals surface area contributed by atoms with E-state index in [1.807, 2.05) is 24.3 Å². The summed E-state index contributed by atoms with van der Waals surface area (Å²) < 4.78 is 3.13. The number of urea groups is 1. The first-order valence-electron chi connectivity index (χ1n) is 9.53. The summed E-state index contributed by atoms with van der Waals surface area (Å²) in [5.41, 5.74) is 1.92. The van der Waals surface area contributed by atoms with Crippen LogP contribution in [0.2, 0.25) is 5.02 Å². The SMILES string of the molecule is O=C(NCc1cccnc1-n1cccn1)Nc1ccc(=O)n(Cc2ccccc2Cl)c1. The first-order valence-corrected chi connectivity index (χ1v) is 9.90. The smallest absolute Gasteiger partial charge is 0.319 e. The van der Waals surface area contributed by atoms with Crippen LogP contribution in [0.4, 0.5) is 10.5 Å². The van der Waals surface area contributed by atoms with Gasteiger partial charge in [0.15, 0.2) is 5.82 Å². The monoisotopic (exact) mass is 434 g/mol. The van der Waals surface area contributed by atoms with Crippen molar-refractivity contribution in [1.82, 2.24) is 24.6 Å². The van der Waals surface area contributed by atoms with Crippen molar-refractivity contribution in [3.05, 3.63) is 106 Å². The lowest BCUT2D eigenvalue weighted by atomic mass is 10.2. The molecule has 0 fully saturated rings. The number of halogens is 1. The number of hydrogen-bond acceptors (Lipinski definition) is 4. The van der Waals surface area contributed by atoms with Gasteiger partial charge < -0.3 is 15.2 Å². The molecular weight excluding hydrogens is 416 g/mol. The summed E-state index contributed by atoms with van der Waals surface area (Å²) in [5.74, 6) is 0.640. The minimum absolute atomic E-state index is 0.190. The van der Waals surface area contributed by atoms with Gasteiger partial charge in [0, 0.05) is 48.0 Å². The molecule has 3 heterocycles. The number of pyridine rings is 2. The van der Waals surface area contributed by atoms with Gasteiger partial charge in [0.25, 0.3) is 5.56 Å². The predicted molar refractivity (Wildman–Crippen MR) is 118 cm³/mol. The fraction of sp³-hybridized carbons (Fsp3) is 0.0909. The lowest BCUT2D eigenvalue weighted by Crippen LogP contribution is -2.29. The second kappa shape index (κ2) is 9.27. The van der Waals surface area contributed by atoms with Gasteiger partial charge in [0.1, 0.15) is 0 Å². The van der Waals surface area contributed by atoms with Crippen LogP contribution in [0.1, 0.15) is 11.1 Å². The summed E-state index contributed by atoms with van der Waals surface area (Å²) in [5, 5.41) is 10.3. The average molecular weight is 435 g/mol. The number of benzene rings is 1. The van der Waals surface area contributed by atoms with Crippen LogP contribution < -0.4 is 16.2 Å². The maximum atomic E-state index is 12.4. The van der Waals surface area contributed by atoms with E-state index in [1.165, 1.54) is 10.6 Å². The molecule has 0 aliphatic carbocycles. The molecule has 0 aliphatic rings. The van der Waals surface area contributed by atoms with Crippen LogP contribution in [0.3, 0.4) is 0 Å². The Balaban J connectivity index is 1.43. The molecule has 0 atom stereocenters. The van der Waals surface area contributed by atoms with Gasteiger partial charge in [-0.3, -0.25) is 4.79 Å². The molecule has 4 aromatic rings. The summed E-state index contributed by atoms with van der Waals surface area (Å²) >= 11 is 6.19. The number of anilines is 1. The van der Waals surface area contributed by atoms with Crippen LogP contribution in [0.25, 0.3) is 5.82 Å². The summed E-state index contributed by atoms with van der Waals surface area (Å²) in [6.45, 7) is 0.562. The zero-order chi connectivity index (χ0) is 21.6. The summed E-state index contributed by atoms with van der Waals surface area (Å²) in [6.07, 6.45) is 6.71. The van der Waals surface area contributed by atoms with Crippen LogP contribution in [0, 0.1) is 0 Å². The largest absolute Gasteiger partial charge is 0.334 e. The minimum atomic E-state index is -0.404. The van der Waals surface area contributed by atoms with Gasteiger partial charge in [-0.1, -0.05) is 35.9 Å². The third-order valence-electron chi connectivity index (χ3n) is 4.57. The van der Waals surface area contributed by atoms with Gasteiger partial charge in [-0.15, -0.1) is 0 Å². The molecule has 0 radical (unpaired) electrons. The van der Waals surface area contributed by atoms with Crippen LogP contribution in [-0.2, 0) is 13.1 Å². The molecule has 2 N–H and O–H groups in total. The van der Waals surface area contributed by atoms with E-state index in [0.717, 1.165) is 11.1 Å². The van der Waals surface area contributed by atoms with Gasteiger partial charge in [-0.25, -0.2) is 14.5 Å². The molecule has 2 amide bonds. The number of nitrogens with one attached hydrogen (secondary N) is 2. The Morgan fingerprint density at radius 3 is 2.65 bits per heavy atom. The molecule has 8 nitrogen and oxygen atoms in total. The molecule has 31 heavy (non-hydrogen) atoms. The van der Waals surface area contributed by atoms with E-state index < -0.39 is 6.03 Å². The van der Waals surface area contributed by atoms with Crippen LogP contribution >= 0.6 is 11.6 Å². The Bertz CT molecular complexity index is 1250. The van der Waals surface area contributed by atoms with Gasteiger partial charge >= 0.3 is 6.03 Å². The maximum absolute atomic E-state index is 12.4. The molecular formula is C22H19ClN6O2. The predicted octanol–water partition coefficient (Wildman–Crippen LogP) is 3.45. The molecule has 0 aliphatic heterocycles. The van der Waals surface area contributed by atoms with E-state index in [9.17, 15) is 9.59 Å². The van der Waals surface area contributed by atoms with Crippen molar-refractivity contribution in [2.75, 3.05) is 5.32 Å². The Hall–Kier alpha value is -3.91. The molecule has 0 unspecified atom stereocenters. The van der Waals surface area contributed by atoms with E-state index in [0.29, 0.717) is 23.1 Å². The summed E-state index contributed by atoms with van der Waals surface area (Å²) in [6, 6.07) is 15.3. The van der Waals surface area contributed by atoms with E-state index >= 15 is 0 Å². The second-order valence-corrected chi connectivity index (χ2v) is 7.13. The normalized spacial score (nSPS) is 10.6. The number of carbonyl (C=O) groups is 1. The van der Waals surface area contributed by atoms with E-state index in [1.54, 1.807) is 53.7 Å². The molecule has 3 aromatic heterocycles. The number of amides is 2. The summed E-state index contributed by atoms with van der Waals surface area (Å²) in [4.78, 5) is 29.0. The van der Waals surface area contributed by atoms with Crippen molar-refractivity contribution >= 4 is 23.3 Å². The highest BCUT2D eigenvalue weighted by molar-refractivity contribution is 6.31. The van der Waals surface area contributed by atoms with Crippen LogP contribution in [0.5, 0.6) is 0 Å². The quantitative estimate of drug-likeness (QED) is 0.486. The fourth-order valence-corrected chi connectivity index (χ4v) is 3.25. The number of carbonyl (C=O) groups excluding carboxylic acids is 1. The van der Waals surface area contributed by atoms with Gasteiger partial charge in [0.05, 0.1) is 12.2 Å². The third kappa shape index (κ3) is 4.99. The van der Waals surface area contributed by atoms with Crippen LogP contribution in [-0.4, -0.2) is 25.4 Å². The molecule has 0 saturated heterocycles. The van der Waals surface area contributed by atoms with Crippen molar-refractivity contribution < 1.29 is 4.79 Å². The molecule has 9 heteroatoms. The fourth-order valence-electron chi connectivity index (χ4n) is 3.06. The lowest BCUT2D eigenvalue weighted by molar-refractivity contribution is 0.251. The van der Waals surface area contributed by atoms with Crippen molar-refractivity contribution in [2.45, 2.75) is 13.1 Å². The Morgan fingerprint density at radius 2 is 1.84 bits per heavy atom. The highest BCUT2D eigenvalue weighted by Gasteiger charge is 2.09. The minimum Gasteiger partial charge on any atom is -0.334 e. The molecule has 4 rings (SSSR count). The van der Waals surface area contributed by atoms with Crippen molar-refractivity contribution in [1.29, 1.82) is 0 Å². The number of rotatable bonds is 6. The standard InChI is InChI=1S/C22H19ClN6O2/c23-19-7-2-1-5-17(19)14-28-15-18(8-9-20(28)30)27-22(31)25-13-16-6-3-10-24-21(16)29-12-4-11-26-29/h1-12,15H,13-14H2,(H2,25,27,31). The zero-order valence-corrected chi connectivity index (χ0v) is 17.2. The first kappa shape index (κ1) is 20.4. The first-order chi connectivity index (χ1) is 15.1. The molecule has 0 bridgehead atoms. The highest BCUT2D eigenvalue weighted by atomic mass is 35.5. The Labute approximate surface area is 183 Å². The number of nitrogens with zero attached hydrogens (tertiary/aromatic N) is 4. The lowest BCUT2D eigenvalue weighted by Gasteiger charge is -2.12. The van der Waals surface area contributed by atoms with Crippen molar-refractivity contribution in [3.63, 3.8) is 0 Å². The van der Waals surface area contributed by atoms with E-state index in [4.69, 9.17) is 11.6 Å². The van der Waals surface area contributed by atoms with Gasteiger partial charge in [-0.2, -0.15) is 5.10 Å². The van der Waals surface area contributed by atoms with Crippen LogP contribution in [0.15, 0.2) is 84.2 Å². The van der Waals surface area contributed by atoms with Crippen molar-refractivity contribution in [3.8, 4) is 5.82 Å². The second-order valence-electron chi connectivity index (χ2n) is 6.72. The van der Waals surface area contributed by atoms with E-state index in [2.05, 4.69) is 20.7 Å². The summed E-state index contributed by atoms with van der Waals surface area (Å²) in [7, 11) is 0. The Morgan fingerprint density at radius 1 is 1.00 bits per heavy atom. The molecule has 156 valence electrons. The molecule has 0 spiro atoms. The van der Waals surface area contributed by atoms with Crippen molar-refractivity contribution in [2.24, 2.45) is 0 Å². The topological polar surface area (TPSA) is 93.8 Å². The number of aromatic nitrogens is 4. The zero-order valence-electron chi connectivity index (χ0n) is 16.4. The van der Waals surface area contributed by atoms with Gasteiger partial charge in [0.2, 0.25) is 0 Å². The van der Waals surface area contributed by atoms with Gasteiger partial charge in [-0.05, 0) is 29.8 Å². The third-order valence-corrected chi connectivity index (χ3v) is 4.94.